The molecule has 0 radical (unpaired) electrons. The summed E-state index contributed by atoms with van der Waals surface area (Å²) in [4.78, 5) is 13.0. The number of halogens is 1. The zero-order valence-electron chi connectivity index (χ0n) is 14.4. The van der Waals surface area contributed by atoms with Crippen LogP contribution in [0.4, 0.5) is 4.39 Å². The Morgan fingerprint density at radius 1 is 1.23 bits per heavy atom. The van der Waals surface area contributed by atoms with Crippen LogP contribution in [0.3, 0.4) is 0 Å². The number of ether oxygens (including phenoxy) is 2. The SMILES string of the molecule is Cc1nn(CCC2OCCCO2)c(=O)c2c1cnn2-c1ccc(F)cc1. The van der Waals surface area contributed by atoms with E-state index in [0.717, 1.165) is 6.42 Å². The highest BCUT2D eigenvalue weighted by Gasteiger charge is 2.18. The van der Waals surface area contributed by atoms with E-state index in [2.05, 4.69) is 10.2 Å². The van der Waals surface area contributed by atoms with Gasteiger partial charge in [0.25, 0.3) is 5.56 Å². The molecule has 0 spiro atoms. The number of nitrogens with zero attached hydrogens (tertiary/aromatic N) is 4. The summed E-state index contributed by atoms with van der Waals surface area (Å²) in [5.41, 5.74) is 1.51. The minimum absolute atomic E-state index is 0.247. The molecule has 2 aromatic heterocycles. The van der Waals surface area contributed by atoms with Crippen LogP contribution in [0.25, 0.3) is 16.6 Å². The summed E-state index contributed by atoms with van der Waals surface area (Å²) >= 11 is 0. The highest BCUT2D eigenvalue weighted by molar-refractivity contribution is 5.81. The quantitative estimate of drug-likeness (QED) is 0.715. The van der Waals surface area contributed by atoms with E-state index in [1.54, 1.807) is 18.3 Å². The van der Waals surface area contributed by atoms with Crippen LogP contribution in [0.5, 0.6) is 0 Å². The molecule has 3 aromatic rings. The molecule has 26 heavy (non-hydrogen) atoms. The molecular formula is C18H19FN4O3. The molecule has 0 bridgehead atoms. The zero-order chi connectivity index (χ0) is 18.1. The number of rotatable bonds is 4. The zero-order valence-corrected chi connectivity index (χ0v) is 14.4. The van der Waals surface area contributed by atoms with Crippen LogP contribution in [-0.2, 0) is 16.0 Å². The Bertz CT molecular complexity index is 975. The fourth-order valence-corrected chi connectivity index (χ4v) is 3.08. The number of hydrogen-bond donors (Lipinski definition) is 0. The molecule has 0 N–H and O–H groups in total. The first-order valence-electron chi connectivity index (χ1n) is 8.58. The highest BCUT2D eigenvalue weighted by Crippen LogP contribution is 2.18. The fourth-order valence-electron chi connectivity index (χ4n) is 3.08. The molecule has 1 aromatic carbocycles. The van der Waals surface area contributed by atoms with Crippen molar-refractivity contribution in [2.75, 3.05) is 13.2 Å². The lowest BCUT2D eigenvalue weighted by Crippen LogP contribution is -2.30. The summed E-state index contributed by atoms with van der Waals surface area (Å²) in [5.74, 6) is -0.340. The lowest BCUT2D eigenvalue weighted by molar-refractivity contribution is -0.182. The summed E-state index contributed by atoms with van der Waals surface area (Å²) in [6.07, 6.45) is 2.73. The number of aromatic nitrogens is 4. The summed E-state index contributed by atoms with van der Waals surface area (Å²) in [5, 5.41) is 9.37. The highest BCUT2D eigenvalue weighted by atomic mass is 19.1. The van der Waals surface area contributed by atoms with Gasteiger partial charge in [0.15, 0.2) is 6.29 Å². The second kappa shape index (κ2) is 6.97. The van der Waals surface area contributed by atoms with Crippen molar-refractivity contribution >= 4 is 10.9 Å². The molecule has 7 nitrogen and oxygen atoms in total. The van der Waals surface area contributed by atoms with Crippen LogP contribution in [0.1, 0.15) is 18.5 Å². The molecule has 4 rings (SSSR count). The monoisotopic (exact) mass is 358 g/mol. The molecule has 1 aliphatic rings. The summed E-state index contributed by atoms with van der Waals surface area (Å²) in [6, 6.07) is 5.86. The van der Waals surface area contributed by atoms with Gasteiger partial charge in [-0.25, -0.2) is 13.8 Å². The van der Waals surface area contributed by atoms with Gasteiger partial charge in [0.1, 0.15) is 11.3 Å². The fraction of sp³-hybridized carbons (Fsp3) is 0.389. The average molecular weight is 358 g/mol. The number of fused-ring (bicyclic) bond motifs is 1. The predicted octanol–water partition coefficient (Wildman–Crippen LogP) is 2.18. The molecule has 0 unspecified atom stereocenters. The van der Waals surface area contributed by atoms with Crippen LogP contribution in [0.2, 0.25) is 0 Å². The third-order valence-electron chi connectivity index (χ3n) is 4.41. The van der Waals surface area contributed by atoms with Crippen molar-refractivity contribution in [3.8, 4) is 5.69 Å². The van der Waals surface area contributed by atoms with E-state index in [1.807, 2.05) is 6.92 Å². The van der Waals surface area contributed by atoms with Crippen LogP contribution < -0.4 is 5.56 Å². The lowest BCUT2D eigenvalue weighted by Gasteiger charge is -2.23. The van der Waals surface area contributed by atoms with E-state index in [1.165, 1.54) is 21.5 Å². The topological polar surface area (TPSA) is 71.2 Å². The normalized spacial score (nSPS) is 15.6. The van der Waals surface area contributed by atoms with Gasteiger partial charge in [-0.15, -0.1) is 0 Å². The molecule has 8 heteroatoms. The number of benzene rings is 1. The van der Waals surface area contributed by atoms with Crippen LogP contribution in [0.15, 0.2) is 35.3 Å². The van der Waals surface area contributed by atoms with Gasteiger partial charge in [-0.1, -0.05) is 0 Å². The standard InChI is InChI=1S/C18H19FN4O3/c1-12-15-11-20-23(14-5-3-13(19)4-6-14)17(15)18(24)22(21-12)8-7-16-25-9-2-10-26-16/h3-6,11,16H,2,7-10H2,1H3. The third-order valence-corrected chi connectivity index (χ3v) is 4.41. The van der Waals surface area contributed by atoms with Crippen LogP contribution in [-0.4, -0.2) is 39.1 Å². The average Bonchev–Trinajstić information content (AvgIpc) is 3.11. The summed E-state index contributed by atoms with van der Waals surface area (Å²) in [6.45, 7) is 3.56. The third kappa shape index (κ3) is 3.13. The molecule has 1 saturated heterocycles. The van der Waals surface area contributed by atoms with E-state index in [9.17, 15) is 9.18 Å². The maximum Gasteiger partial charge on any atom is 0.293 e. The van der Waals surface area contributed by atoms with Crippen molar-refractivity contribution in [2.24, 2.45) is 0 Å². The van der Waals surface area contributed by atoms with Gasteiger partial charge in [0.05, 0.1) is 30.8 Å². The van der Waals surface area contributed by atoms with E-state index < -0.39 is 0 Å². The van der Waals surface area contributed by atoms with Crippen molar-refractivity contribution < 1.29 is 13.9 Å². The molecule has 136 valence electrons. The molecule has 1 aliphatic heterocycles. The Morgan fingerprint density at radius 3 is 2.69 bits per heavy atom. The Morgan fingerprint density at radius 2 is 1.96 bits per heavy atom. The van der Waals surface area contributed by atoms with E-state index in [4.69, 9.17) is 9.47 Å². The lowest BCUT2D eigenvalue weighted by atomic mass is 10.2. The van der Waals surface area contributed by atoms with Crippen molar-refractivity contribution in [3.05, 3.63) is 52.3 Å². The van der Waals surface area contributed by atoms with E-state index in [0.29, 0.717) is 48.5 Å². The van der Waals surface area contributed by atoms with Crippen molar-refractivity contribution in [1.82, 2.24) is 19.6 Å². The minimum Gasteiger partial charge on any atom is -0.353 e. The smallest absolute Gasteiger partial charge is 0.293 e. The maximum absolute atomic E-state index is 13.2. The van der Waals surface area contributed by atoms with Crippen molar-refractivity contribution in [2.45, 2.75) is 32.6 Å². The molecule has 1 fully saturated rings. The molecule has 0 aliphatic carbocycles. The van der Waals surface area contributed by atoms with Gasteiger partial charge < -0.3 is 9.47 Å². The predicted molar refractivity (Wildman–Crippen MR) is 92.7 cm³/mol. The van der Waals surface area contributed by atoms with Crippen molar-refractivity contribution in [1.29, 1.82) is 0 Å². The molecule has 0 amide bonds. The Hall–Kier alpha value is -2.58. The van der Waals surface area contributed by atoms with Gasteiger partial charge >= 0.3 is 0 Å². The van der Waals surface area contributed by atoms with E-state index >= 15 is 0 Å². The second-order valence-electron chi connectivity index (χ2n) is 6.22. The van der Waals surface area contributed by atoms with Crippen LogP contribution >= 0.6 is 0 Å². The van der Waals surface area contributed by atoms with Crippen LogP contribution in [0, 0.1) is 12.7 Å². The molecular weight excluding hydrogens is 339 g/mol. The summed E-state index contributed by atoms with van der Waals surface area (Å²) in [7, 11) is 0. The maximum atomic E-state index is 13.2. The van der Waals surface area contributed by atoms with Gasteiger partial charge in [-0.3, -0.25) is 4.79 Å². The van der Waals surface area contributed by atoms with Gasteiger partial charge in [0.2, 0.25) is 0 Å². The van der Waals surface area contributed by atoms with Gasteiger partial charge in [-0.05, 0) is 37.6 Å². The number of hydrogen-bond acceptors (Lipinski definition) is 5. The Labute approximate surface area is 148 Å². The van der Waals surface area contributed by atoms with E-state index in [-0.39, 0.29) is 17.7 Å². The van der Waals surface area contributed by atoms with Crippen molar-refractivity contribution in [3.63, 3.8) is 0 Å². The summed E-state index contributed by atoms with van der Waals surface area (Å²) < 4.78 is 27.2. The van der Waals surface area contributed by atoms with Gasteiger partial charge in [0, 0.05) is 18.4 Å². The molecule has 3 heterocycles. The first-order chi connectivity index (χ1) is 12.6. The number of aryl methyl sites for hydroxylation is 2. The van der Waals surface area contributed by atoms with Gasteiger partial charge in [-0.2, -0.15) is 10.2 Å². The minimum atomic E-state index is -0.340. The Kier molecular flexibility index (Phi) is 4.52. The Balaban J connectivity index is 1.71. The first kappa shape index (κ1) is 16.9. The molecule has 0 saturated carbocycles. The first-order valence-corrected chi connectivity index (χ1v) is 8.58. The largest absolute Gasteiger partial charge is 0.353 e. The second-order valence-corrected chi connectivity index (χ2v) is 6.22. The molecule has 0 atom stereocenters.